The van der Waals surface area contributed by atoms with Crippen molar-refractivity contribution in [3.8, 4) is 23.7 Å². The summed E-state index contributed by atoms with van der Waals surface area (Å²) in [4.78, 5) is 11.3. The molecule has 0 saturated heterocycles. The lowest BCUT2D eigenvalue weighted by atomic mass is 9.83. The number of hydrogen-bond acceptors (Lipinski definition) is 2. The van der Waals surface area contributed by atoms with E-state index in [1.165, 1.54) is 32.8 Å². The van der Waals surface area contributed by atoms with Crippen LogP contribution in [0.4, 0.5) is 0 Å². The second kappa shape index (κ2) is 7.55. The molecule has 0 amide bonds. The Kier molecular flexibility index (Phi) is 5.47. The van der Waals surface area contributed by atoms with Crippen LogP contribution in [0.25, 0.3) is 0 Å². The Morgan fingerprint density at radius 1 is 1.10 bits per heavy atom. The lowest BCUT2D eigenvalue weighted by molar-refractivity contribution is 0.0601. The van der Waals surface area contributed by atoms with Gasteiger partial charge in [0.15, 0.2) is 0 Å². The molecule has 0 heterocycles. The summed E-state index contributed by atoms with van der Waals surface area (Å²) in [5, 5.41) is 0. The predicted octanol–water partition coefficient (Wildman–Crippen LogP) is 3.65. The lowest BCUT2D eigenvalue weighted by Gasteiger charge is -2.21. The van der Waals surface area contributed by atoms with Crippen molar-refractivity contribution in [1.82, 2.24) is 0 Å². The molecule has 21 heavy (non-hydrogen) atoms. The van der Waals surface area contributed by atoms with Crippen molar-refractivity contribution < 1.29 is 9.53 Å². The van der Waals surface area contributed by atoms with E-state index in [0.29, 0.717) is 11.5 Å². The van der Waals surface area contributed by atoms with Gasteiger partial charge in [-0.3, -0.25) is 0 Å². The Labute approximate surface area is 126 Å². The highest BCUT2D eigenvalue weighted by molar-refractivity contribution is 5.89. The first-order valence-electron chi connectivity index (χ1n) is 7.39. The zero-order chi connectivity index (χ0) is 15.1. The molecule has 1 saturated carbocycles. The number of rotatable bonds is 1. The first-order valence-corrected chi connectivity index (χ1v) is 7.39. The van der Waals surface area contributed by atoms with E-state index in [1.807, 2.05) is 12.1 Å². The molecule has 1 fully saturated rings. The highest BCUT2D eigenvalue weighted by Gasteiger charge is 2.15. The zero-order valence-electron chi connectivity index (χ0n) is 12.6. The van der Waals surface area contributed by atoms with Crippen LogP contribution in [0.5, 0.6) is 0 Å². The third-order valence-electron chi connectivity index (χ3n) is 3.87. The maximum atomic E-state index is 11.3. The van der Waals surface area contributed by atoms with Gasteiger partial charge in [-0.15, -0.1) is 0 Å². The molecule has 2 nitrogen and oxygen atoms in total. The van der Waals surface area contributed by atoms with Gasteiger partial charge in [0, 0.05) is 11.5 Å². The first kappa shape index (κ1) is 15.2. The fourth-order valence-corrected chi connectivity index (χ4v) is 2.45. The summed E-state index contributed by atoms with van der Waals surface area (Å²) in [7, 11) is 1.37. The molecule has 0 aromatic heterocycles. The molecule has 1 aromatic carbocycles. The van der Waals surface area contributed by atoms with Gasteiger partial charge in [0.2, 0.25) is 0 Å². The Hall–Kier alpha value is -2.19. The molecule has 0 atom stereocenters. The Balaban J connectivity index is 1.92. The quantitative estimate of drug-likeness (QED) is 0.580. The van der Waals surface area contributed by atoms with E-state index in [0.717, 1.165) is 11.5 Å². The van der Waals surface area contributed by atoms with Gasteiger partial charge in [0.25, 0.3) is 0 Å². The summed E-state index contributed by atoms with van der Waals surface area (Å²) in [6.45, 7) is 2.31. The molecule has 2 heteroatoms. The minimum absolute atomic E-state index is 0.333. The summed E-state index contributed by atoms with van der Waals surface area (Å²) in [5.74, 6) is 13.1. The maximum Gasteiger partial charge on any atom is 0.337 e. The number of ether oxygens (including phenoxy) is 1. The molecule has 108 valence electrons. The fraction of sp³-hybridized carbons (Fsp3) is 0.421. The molecule has 1 aliphatic rings. The minimum Gasteiger partial charge on any atom is -0.465 e. The Bertz CT molecular complexity index is 597. The van der Waals surface area contributed by atoms with Crippen LogP contribution in [0, 0.1) is 35.5 Å². The molecule has 0 spiro atoms. The van der Waals surface area contributed by atoms with Crippen LogP contribution in [0.15, 0.2) is 24.3 Å². The van der Waals surface area contributed by atoms with E-state index < -0.39 is 0 Å². The molecule has 0 bridgehead atoms. The number of esters is 1. The smallest absolute Gasteiger partial charge is 0.337 e. The van der Waals surface area contributed by atoms with Crippen molar-refractivity contribution in [3.05, 3.63) is 35.4 Å². The molecule has 1 aliphatic carbocycles. The Morgan fingerprint density at radius 2 is 1.76 bits per heavy atom. The number of carbonyl (C=O) groups is 1. The number of methoxy groups -OCH3 is 1. The van der Waals surface area contributed by atoms with Crippen molar-refractivity contribution in [2.24, 2.45) is 11.8 Å². The van der Waals surface area contributed by atoms with E-state index in [4.69, 9.17) is 0 Å². The number of hydrogen-bond donors (Lipinski definition) is 0. The standard InChI is InChI=1S/C19H20O2/c1-15-7-9-16(10-8-15)5-3-4-6-17-11-13-18(14-12-17)19(20)21-2/h11-16H,7-10H2,1-2H3. The molecule has 0 aliphatic heterocycles. The van der Waals surface area contributed by atoms with Crippen molar-refractivity contribution in [2.45, 2.75) is 32.6 Å². The predicted molar refractivity (Wildman–Crippen MR) is 83.6 cm³/mol. The van der Waals surface area contributed by atoms with Crippen molar-refractivity contribution >= 4 is 5.97 Å². The van der Waals surface area contributed by atoms with Crippen LogP contribution < -0.4 is 0 Å². The van der Waals surface area contributed by atoms with E-state index in [-0.39, 0.29) is 5.97 Å². The van der Waals surface area contributed by atoms with Crippen LogP contribution in [-0.2, 0) is 4.74 Å². The lowest BCUT2D eigenvalue weighted by Crippen LogP contribution is -2.10. The van der Waals surface area contributed by atoms with Crippen LogP contribution in [0.1, 0.15) is 48.5 Å². The summed E-state index contributed by atoms with van der Waals surface area (Å²) in [5.41, 5.74) is 1.39. The van der Waals surface area contributed by atoms with Crippen molar-refractivity contribution in [2.75, 3.05) is 7.11 Å². The topological polar surface area (TPSA) is 26.3 Å². The molecular formula is C19H20O2. The van der Waals surface area contributed by atoms with Crippen LogP contribution in [-0.4, -0.2) is 13.1 Å². The summed E-state index contributed by atoms with van der Waals surface area (Å²) < 4.78 is 4.65. The normalized spacial score (nSPS) is 20.5. The average Bonchev–Trinajstić information content (AvgIpc) is 2.53. The SMILES string of the molecule is COC(=O)c1ccc(C#CC#CC2CCC(C)CC2)cc1. The van der Waals surface area contributed by atoms with E-state index in [2.05, 4.69) is 35.3 Å². The summed E-state index contributed by atoms with van der Waals surface area (Å²) in [6, 6.07) is 7.05. The van der Waals surface area contributed by atoms with Gasteiger partial charge in [-0.2, -0.15) is 0 Å². The number of benzene rings is 1. The van der Waals surface area contributed by atoms with Crippen LogP contribution >= 0.6 is 0 Å². The highest BCUT2D eigenvalue weighted by Crippen LogP contribution is 2.27. The molecular weight excluding hydrogens is 260 g/mol. The highest BCUT2D eigenvalue weighted by atomic mass is 16.5. The zero-order valence-corrected chi connectivity index (χ0v) is 12.6. The van der Waals surface area contributed by atoms with Gasteiger partial charge in [-0.05, 0) is 67.7 Å². The number of carbonyl (C=O) groups excluding carboxylic acids is 1. The van der Waals surface area contributed by atoms with E-state index >= 15 is 0 Å². The molecule has 1 aromatic rings. The molecule has 0 unspecified atom stereocenters. The molecule has 2 rings (SSSR count). The minimum atomic E-state index is -0.333. The molecule has 0 radical (unpaired) electrons. The third kappa shape index (κ3) is 4.69. The van der Waals surface area contributed by atoms with Crippen molar-refractivity contribution in [1.29, 1.82) is 0 Å². The molecule has 0 N–H and O–H groups in total. The second-order valence-corrected chi connectivity index (χ2v) is 5.55. The van der Waals surface area contributed by atoms with Gasteiger partial charge in [-0.25, -0.2) is 4.79 Å². The van der Waals surface area contributed by atoms with Gasteiger partial charge in [-0.1, -0.05) is 18.8 Å². The van der Waals surface area contributed by atoms with Gasteiger partial charge in [0.05, 0.1) is 12.7 Å². The maximum absolute atomic E-state index is 11.3. The van der Waals surface area contributed by atoms with E-state index in [9.17, 15) is 4.79 Å². The largest absolute Gasteiger partial charge is 0.465 e. The van der Waals surface area contributed by atoms with Gasteiger partial charge in [0.1, 0.15) is 0 Å². The van der Waals surface area contributed by atoms with Gasteiger partial charge < -0.3 is 4.74 Å². The fourth-order valence-electron chi connectivity index (χ4n) is 2.45. The summed E-state index contributed by atoms with van der Waals surface area (Å²) in [6.07, 6.45) is 4.96. The van der Waals surface area contributed by atoms with Crippen molar-refractivity contribution in [3.63, 3.8) is 0 Å². The first-order chi connectivity index (χ1) is 10.2. The van der Waals surface area contributed by atoms with Crippen LogP contribution in [0.2, 0.25) is 0 Å². The monoisotopic (exact) mass is 280 g/mol. The Morgan fingerprint density at radius 3 is 2.38 bits per heavy atom. The van der Waals surface area contributed by atoms with Crippen LogP contribution in [0.3, 0.4) is 0 Å². The van der Waals surface area contributed by atoms with Gasteiger partial charge >= 0.3 is 5.97 Å². The third-order valence-corrected chi connectivity index (χ3v) is 3.87. The average molecular weight is 280 g/mol. The van der Waals surface area contributed by atoms with E-state index in [1.54, 1.807) is 12.1 Å². The summed E-state index contributed by atoms with van der Waals surface area (Å²) >= 11 is 0. The second-order valence-electron chi connectivity index (χ2n) is 5.55.